The highest BCUT2D eigenvalue weighted by atomic mass is 15.1. The van der Waals surface area contributed by atoms with Gasteiger partial charge in [-0.15, -0.1) is 0 Å². The number of rotatable bonds is 5. The molecule has 1 aliphatic heterocycles. The zero-order valence-corrected chi connectivity index (χ0v) is 11.5. The predicted molar refractivity (Wildman–Crippen MR) is 74.3 cm³/mol. The first-order valence-electron chi connectivity index (χ1n) is 7.41. The zero-order valence-electron chi connectivity index (χ0n) is 11.5. The summed E-state index contributed by atoms with van der Waals surface area (Å²) >= 11 is 0. The summed E-state index contributed by atoms with van der Waals surface area (Å²) in [6, 6.07) is 1.52. The van der Waals surface area contributed by atoms with Crippen LogP contribution in [0.3, 0.4) is 0 Å². The third-order valence-corrected chi connectivity index (χ3v) is 4.22. The van der Waals surface area contributed by atoms with E-state index in [1.54, 1.807) is 5.57 Å². The van der Waals surface area contributed by atoms with E-state index in [0.717, 1.165) is 6.04 Å². The molecule has 1 aliphatic carbocycles. The van der Waals surface area contributed by atoms with Gasteiger partial charge in [0, 0.05) is 25.2 Å². The van der Waals surface area contributed by atoms with E-state index in [1.807, 2.05) is 0 Å². The summed E-state index contributed by atoms with van der Waals surface area (Å²) in [5.41, 5.74) is 1.65. The molecule has 0 aromatic carbocycles. The van der Waals surface area contributed by atoms with Crippen LogP contribution in [0.1, 0.15) is 52.4 Å². The first-order chi connectivity index (χ1) is 8.25. The summed E-state index contributed by atoms with van der Waals surface area (Å²) in [5, 5.41) is 3.71. The van der Waals surface area contributed by atoms with E-state index in [9.17, 15) is 0 Å². The van der Waals surface area contributed by atoms with Crippen molar-refractivity contribution in [1.29, 1.82) is 0 Å². The maximum atomic E-state index is 3.71. The SMILES string of the molecule is CC(C)N1CCC=C(CCNC2CCCC2)C1. The van der Waals surface area contributed by atoms with Gasteiger partial charge in [0.1, 0.15) is 0 Å². The van der Waals surface area contributed by atoms with E-state index in [4.69, 9.17) is 0 Å². The van der Waals surface area contributed by atoms with Crippen molar-refractivity contribution in [2.45, 2.75) is 64.5 Å². The average molecular weight is 236 g/mol. The molecule has 0 aromatic heterocycles. The second-order valence-electron chi connectivity index (χ2n) is 5.90. The van der Waals surface area contributed by atoms with Crippen LogP contribution in [0.2, 0.25) is 0 Å². The quantitative estimate of drug-likeness (QED) is 0.738. The average Bonchev–Trinajstić information content (AvgIpc) is 2.82. The summed E-state index contributed by atoms with van der Waals surface area (Å²) in [4.78, 5) is 2.59. The molecule has 0 saturated heterocycles. The smallest absolute Gasteiger partial charge is 0.0196 e. The second kappa shape index (κ2) is 6.55. The molecule has 2 heteroatoms. The van der Waals surface area contributed by atoms with Gasteiger partial charge >= 0.3 is 0 Å². The molecule has 2 rings (SSSR count). The van der Waals surface area contributed by atoms with Gasteiger partial charge in [0.2, 0.25) is 0 Å². The van der Waals surface area contributed by atoms with E-state index in [2.05, 4.69) is 30.1 Å². The van der Waals surface area contributed by atoms with Gasteiger partial charge in [0.05, 0.1) is 0 Å². The van der Waals surface area contributed by atoms with Crippen LogP contribution in [0.4, 0.5) is 0 Å². The van der Waals surface area contributed by atoms with Crippen molar-refractivity contribution in [1.82, 2.24) is 10.2 Å². The monoisotopic (exact) mass is 236 g/mol. The molecule has 2 aliphatic rings. The molecule has 17 heavy (non-hydrogen) atoms. The number of hydrogen-bond acceptors (Lipinski definition) is 2. The third kappa shape index (κ3) is 4.11. The van der Waals surface area contributed by atoms with E-state index in [-0.39, 0.29) is 0 Å². The fourth-order valence-corrected chi connectivity index (χ4v) is 3.03. The Morgan fingerprint density at radius 2 is 2.12 bits per heavy atom. The lowest BCUT2D eigenvalue weighted by atomic mass is 10.0. The lowest BCUT2D eigenvalue weighted by Crippen LogP contribution is -2.36. The van der Waals surface area contributed by atoms with Crippen LogP contribution >= 0.6 is 0 Å². The van der Waals surface area contributed by atoms with Crippen LogP contribution in [-0.2, 0) is 0 Å². The first-order valence-corrected chi connectivity index (χ1v) is 7.41. The van der Waals surface area contributed by atoms with Crippen LogP contribution < -0.4 is 5.32 Å². The van der Waals surface area contributed by atoms with Crippen LogP contribution in [0, 0.1) is 0 Å². The fraction of sp³-hybridized carbons (Fsp3) is 0.867. The van der Waals surface area contributed by atoms with E-state index in [0.29, 0.717) is 6.04 Å². The second-order valence-corrected chi connectivity index (χ2v) is 5.90. The summed E-state index contributed by atoms with van der Waals surface area (Å²) in [6.45, 7) is 8.24. The van der Waals surface area contributed by atoms with Gasteiger partial charge in [-0.05, 0) is 46.1 Å². The van der Waals surface area contributed by atoms with Crippen LogP contribution in [0.5, 0.6) is 0 Å². The molecule has 0 atom stereocenters. The molecule has 1 N–H and O–H groups in total. The predicted octanol–water partition coefficient (Wildman–Crippen LogP) is 2.95. The van der Waals surface area contributed by atoms with Gasteiger partial charge < -0.3 is 5.32 Å². The Hall–Kier alpha value is -0.340. The largest absolute Gasteiger partial charge is 0.314 e. The summed E-state index contributed by atoms with van der Waals surface area (Å²) in [5.74, 6) is 0. The molecule has 1 heterocycles. The standard InChI is InChI=1S/C15H28N2/c1-13(2)17-11-5-6-14(12-17)9-10-16-15-7-3-4-8-15/h6,13,15-16H,3-5,7-12H2,1-2H3. The van der Waals surface area contributed by atoms with Crippen molar-refractivity contribution in [2.75, 3.05) is 19.6 Å². The lowest BCUT2D eigenvalue weighted by Gasteiger charge is -2.30. The Balaban J connectivity index is 1.66. The summed E-state index contributed by atoms with van der Waals surface area (Å²) in [7, 11) is 0. The maximum absolute atomic E-state index is 3.71. The molecule has 98 valence electrons. The van der Waals surface area contributed by atoms with Gasteiger partial charge in [-0.2, -0.15) is 0 Å². The third-order valence-electron chi connectivity index (χ3n) is 4.22. The van der Waals surface area contributed by atoms with Crippen molar-refractivity contribution >= 4 is 0 Å². The Morgan fingerprint density at radius 3 is 2.82 bits per heavy atom. The minimum Gasteiger partial charge on any atom is -0.314 e. The highest BCUT2D eigenvalue weighted by Gasteiger charge is 2.16. The Bertz CT molecular complexity index is 252. The van der Waals surface area contributed by atoms with Crippen LogP contribution in [0.25, 0.3) is 0 Å². The fourth-order valence-electron chi connectivity index (χ4n) is 3.03. The molecule has 1 saturated carbocycles. The number of nitrogens with zero attached hydrogens (tertiary/aromatic N) is 1. The van der Waals surface area contributed by atoms with Crippen molar-refractivity contribution in [2.24, 2.45) is 0 Å². The maximum Gasteiger partial charge on any atom is 0.0196 e. The molecule has 0 bridgehead atoms. The van der Waals surface area contributed by atoms with Gasteiger partial charge in [0.25, 0.3) is 0 Å². The Kier molecular flexibility index (Phi) is 5.05. The highest BCUT2D eigenvalue weighted by Crippen LogP contribution is 2.18. The van der Waals surface area contributed by atoms with Gasteiger partial charge in [-0.25, -0.2) is 0 Å². The molecule has 0 amide bonds. The topological polar surface area (TPSA) is 15.3 Å². The van der Waals surface area contributed by atoms with Gasteiger partial charge in [0.15, 0.2) is 0 Å². The molecular weight excluding hydrogens is 208 g/mol. The van der Waals surface area contributed by atoms with Crippen LogP contribution in [-0.4, -0.2) is 36.6 Å². The minimum absolute atomic E-state index is 0.696. The van der Waals surface area contributed by atoms with E-state index in [1.165, 1.54) is 58.2 Å². The molecule has 1 fully saturated rings. The lowest BCUT2D eigenvalue weighted by molar-refractivity contribution is 0.233. The first kappa shape index (κ1) is 13.1. The van der Waals surface area contributed by atoms with Crippen molar-refractivity contribution in [3.63, 3.8) is 0 Å². The Morgan fingerprint density at radius 1 is 1.35 bits per heavy atom. The molecule has 0 unspecified atom stereocenters. The van der Waals surface area contributed by atoms with Gasteiger partial charge in [-0.3, -0.25) is 4.90 Å². The molecule has 2 nitrogen and oxygen atoms in total. The van der Waals surface area contributed by atoms with Crippen LogP contribution in [0.15, 0.2) is 11.6 Å². The highest BCUT2D eigenvalue weighted by molar-refractivity contribution is 5.09. The van der Waals surface area contributed by atoms with Crippen molar-refractivity contribution in [3.05, 3.63) is 11.6 Å². The molecule has 0 radical (unpaired) electrons. The van der Waals surface area contributed by atoms with Crippen molar-refractivity contribution < 1.29 is 0 Å². The van der Waals surface area contributed by atoms with Crippen molar-refractivity contribution in [3.8, 4) is 0 Å². The van der Waals surface area contributed by atoms with E-state index < -0.39 is 0 Å². The molecular formula is C15H28N2. The summed E-state index contributed by atoms with van der Waals surface area (Å²) < 4.78 is 0. The number of nitrogens with one attached hydrogen (secondary N) is 1. The summed E-state index contributed by atoms with van der Waals surface area (Å²) in [6.07, 6.45) is 10.6. The molecule has 0 aromatic rings. The van der Waals surface area contributed by atoms with Gasteiger partial charge in [-0.1, -0.05) is 24.5 Å². The van der Waals surface area contributed by atoms with E-state index >= 15 is 0 Å². The normalized spacial score (nSPS) is 23.4. The molecule has 0 spiro atoms. The number of hydrogen-bond donors (Lipinski definition) is 1. The zero-order chi connectivity index (χ0) is 12.1. The minimum atomic E-state index is 0.696. The Labute approximate surface area is 106 Å².